The average molecular weight is 307 g/mol. The van der Waals surface area contributed by atoms with Crippen LogP contribution in [0.1, 0.15) is 32.2 Å². The lowest BCUT2D eigenvalue weighted by atomic mass is 9.92. The van der Waals surface area contributed by atoms with E-state index in [2.05, 4.69) is 58.9 Å². The minimum absolute atomic E-state index is 0.0157. The van der Waals surface area contributed by atoms with Crippen LogP contribution in [0.3, 0.4) is 0 Å². The van der Waals surface area contributed by atoms with Crippen LogP contribution in [0.15, 0.2) is 6.07 Å². The fourth-order valence-corrected chi connectivity index (χ4v) is 3.33. The summed E-state index contributed by atoms with van der Waals surface area (Å²) in [6.07, 6.45) is 0. The molecule has 6 nitrogen and oxygen atoms in total. The molecular formula is C16H29N5O. The number of fused-ring (bicyclic) bond motifs is 1. The van der Waals surface area contributed by atoms with Gasteiger partial charge in [-0.3, -0.25) is 14.4 Å². The van der Waals surface area contributed by atoms with E-state index in [9.17, 15) is 4.79 Å². The molecular weight excluding hydrogens is 278 g/mol. The van der Waals surface area contributed by atoms with Crippen LogP contribution in [0.4, 0.5) is 0 Å². The number of carbonyl (C=O) groups is 1. The first kappa shape index (κ1) is 17.0. The zero-order valence-corrected chi connectivity index (χ0v) is 14.5. The smallest absolute Gasteiger partial charge is 0.217 e. The maximum Gasteiger partial charge on any atom is 0.217 e. The predicted octanol–water partition coefficient (Wildman–Crippen LogP) is 0.923. The van der Waals surface area contributed by atoms with Crippen LogP contribution in [0.25, 0.3) is 0 Å². The van der Waals surface area contributed by atoms with Gasteiger partial charge in [0.05, 0.1) is 24.5 Å². The summed E-state index contributed by atoms with van der Waals surface area (Å²) in [7, 11) is 4.25. The quantitative estimate of drug-likeness (QED) is 0.849. The molecule has 2 rings (SSSR count). The SMILES string of the molecule is CC(=O)NCc1cc2n(n1)CCN(CC(C)(C)CN(C)C)C2. The van der Waals surface area contributed by atoms with Gasteiger partial charge in [-0.1, -0.05) is 13.8 Å². The lowest BCUT2D eigenvalue weighted by Gasteiger charge is -2.36. The first-order chi connectivity index (χ1) is 10.2. The van der Waals surface area contributed by atoms with E-state index in [1.807, 2.05) is 0 Å². The molecule has 1 aromatic rings. The summed E-state index contributed by atoms with van der Waals surface area (Å²) in [5.74, 6) is -0.0157. The highest BCUT2D eigenvalue weighted by Crippen LogP contribution is 2.22. The molecule has 22 heavy (non-hydrogen) atoms. The maximum absolute atomic E-state index is 11.0. The van der Waals surface area contributed by atoms with Crippen LogP contribution in [0.2, 0.25) is 0 Å². The number of amides is 1. The largest absolute Gasteiger partial charge is 0.351 e. The molecule has 1 N–H and O–H groups in total. The van der Waals surface area contributed by atoms with Crippen molar-refractivity contribution in [1.82, 2.24) is 24.9 Å². The van der Waals surface area contributed by atoms with Crippen molar-refractivity contribution in [3.05, 3.63) is 17.5 Å². The summed E-state index contributed by atoms with van der Waals surface area (Å²) in [5.41, 5.74) is 2.46. The molecule has 1 aromatic heterocycles. The number of nitrogens with one attached hydrogen (secondary N) is 1. The lowest BCUT2D eigenvalue weighted by Crippen LogP contribution is -2.43. The van der Waals surface area contributed by atoms with Crippen molar-refractivity contribution >= 4 is 5.91 Å². The van der Waals surface area contributed by atoms with Gasteiger partial charge in [0.2, 0.25) is 5.91 Å². The molecule has 0 atom stereocenters. The monoisotopic (exact) mass is 307 g/mol. The number of hydrogen-bond acceptors (Lipinski definition) is 4. The van der Waals surface area contributed by atoms with Crippen LogP contribution in [0, 0.1) is 5.41 Å². The second-order valence-electron chi connectivity index (χ2n) is 7.37. The zero-order chi connectivity index (χ0) is 16.3. The molecule has 1 aliphatic heterocycles. The number of aromatic nitrogens is 2. The first-order valence-electron chi connectivity index (χ1n) is 7.92. The van der Waals surface area contributed by atoms with Gasteiger partial charge in [0, 0.05) is 33.1 Å². The minimum Gasteiger partial charge on any atom is -0.351 e. The predicted molar refractivity (Wildman–Crippen MR) is 87.4 cm³/mol. The Hall–Kier alpha value is -1.40. The third kappa shape index (κ3) is 4.81. The van der Waals surface area contributed by atoms with Crippen LogP contribution in [-0.2, 0) is 24.4 Å². The second-order valence-corrected chi connectivity index (χ2v) is 7.37. The van der Waals surface area contributed by atoms with Crippen LogP contribution in [0.5, 0.6) is 0 Å². The number of hydrogen-bond donors (Lipinski definition) is 1. The second kappa shape index (κ2) is 6.79. The van der Waals surface area contributed by atoms with Gasteiger partial charge >= 0.3 is 0 Å². The number of nitrogens with zero attached hydrogens (tertiary/aromatic N) is 4. The lowest BCUT2D eigenvalue weighted by molar-refractivity contribution is -0.119. The molecule has 124 valence electrons. The van der Waals surface area contributed by atoms with Gasteiger partial charge < -0.3 is 10.2 Å². The summed E-state index contributed by atoms with van der Waals surface area (Å²) >= 11 is 0. The third-order valence-electron chi connectivity index (χ3n) is 3.84. The van der Waals surface area contributed by atoms with E-state index in [1.54, 1.807) is 0 Å². The molecule has 0 fully saturated rings. The average Bonchev–Trinajstić information content (AvgIpc) is 2.76. The van der Waals surface area contributed by atoms with E-state index in [0.717, 1.165) is 38.4 Å². The zero-order valence-electron chi connectivity index (χ0n) is 14.5. The van der Waals surface area contributed by atoms with E-state index in [4.69, 9.17) is 0 Å². The standard InChI is InChI=1S/C16H29N5O/c1-13(22)17-9-14-8-15-10-20(6-7-21(15)18-14)12-16(2,3)11-19(4)5/h8H,6-7,9-12H2,1-5H3,(H,17,22). The fraction of sp³-hybridized carbons (Fsp3) is 0.750. The van der Waals surface area contributed by atoms with Crippen molar-refractivity contribution in [2.45, 2.75) is 40.4 Å². The van der Waals surface area contributed by atoms with Crippen molar-refractivity contribution in [2.75, 3.05) is 33.7 Å². The molecule has 6 heteroatoms. The normalized spacial score (nSPS) is 15.9. The Morgan fingerprint density at radius 3 is 2.77 bits per heavy atom. The van der Waals surface area contributed by atoms with Gasteiger partial charge in [0.25, 0.3) is 0 Å². The molecule has 0 aromatic carbocycles. The van der Waals surface area contributed by atoms with Gasteiger partial charge in [0.1, 0.15) is 0 Å². The van der Waals surface area contributed by atoms with Crippen molar-refractivity contribution in [1.29, 1.82) is 0 Å². The third-order valence-corrected chi connectivity index (χ3v) is 3.84. The molecule has 0 aliphatic carbocycles. The van der Waals surface area contributed by atoms with Gasteiger partial charge in [-0.25, -0.2) is 0 Å². The number of rotatable bonds is 6. The van der Waals surface area contributed by atoms with E-state index in [0.29, 0.717) is 6.54 Å². The fourth-order valence-electron chi connectivity index (χ4n) is 3.33. The van der Waals surface area contributed by atoms with Gasteiger partial charge in [-0.05, 0) is 25.6 Å². The molecule has 0 spiro atoms. The Morgan fingerprint density at radius 2 is 2.14 bits per heavy atom. The van der Waals surface area contributed by atoms with E-state index >= 15 is 0 Å². The summed E-state index contributed by atoms with van der Waals surface area (Å²) in [6.45, 7) is 11.7. The summed E-state index contributed by atoms with van der Waals surface area (Å²) in [5, 5.41) is 7.38. The van der Waals surface area contributed by atoms with Crippen molar-refractivity contribution in [3.63, 3.8) is 0 Å². The Kier molecular flexibility index (Phi) is 5.24. The van der Waals surface area contributed by atoms with Crippen LogP contribution in [-0.4, -0.2) is 59.2 Å². The molecule has 0 saturated heterocycles. The topological polar surface area (TPSA) is 53.4 Å². The molecule has 0 radical (unpaired) electrons. The van der Waals surface area contributed by atoms with Gasteiger partial charge in [-0.15, -0.1) is 0 Å². The Bertz CT molecular complexity index is 521. The minimum atomic E-state index is -0.0157. The molecule has 0 saturated carbocycles. The van der Waals surface area contributed by atoms with Crippen LogP contribution < -0.4 is 5.32 Å². The summed E-state index contributed by atoms with van der Waals surface area (Å²) < 4.78 is 2.08. The Morgan fingerprint density at radius 1 is 1.41 bits per heavy atom. The number of carbonyl (C=O) groups excluding carboxylic acids is 1. The van der Waals surface area contributed by atoms with Crippen molar-refractivity contribution in [3.8, 4) is 0 Å². The first-order valence-corrected chi connectivity index (χ1v) is 7.92. The highest BCUT2D eigenvalue weighted by Gasteiger charge is 2.26. The summed E-state index contributed by atoms with van der Waals surface area (Å²) in [6, 6.07) is 2.11. The highest BCUT2D eigenvalue weighted by atomic mass is 16.1. The van der Waals surface area contributed by atoms with Gasteiger partial charge in [0.15, 0.2) is 0 Å². The maximum atomic E-state index is 11.0. The summed E-state index contributed by atoms with van der Waals surface area (Å²) in [4.78, 5) is 15.8. The molecule has 0 bridgehead atoms. The highest BCUT2D eigenvalue weighted by molar-refractivity contribution is 5.72. The van der Waals surface area contributed by atoms with E-state index in [1.165, 1.54) is 12.6 Å². The molecule has 1 aliphatic rings. The Balaban J connectivity index is 1.95. The van der Waals surface area contributed by atoms with E-state index < -0.39 is 0 Å². The van der Waals surface area contributed by atoms with Gasteiger partial charge in [-0.2, -0.15) is 5.10 Å². The molecule has 2 heterocycles. The molecule has 1 amide bonds. The van der Waals surface area contributed by atoms with Crippen LogP contribution >= 0.6 is 0 Å². The van der Waals surface area contributed by atoms with E-state index in [-0.39, 0.29) is 11.3 Å². The Labute approximate surface area is 133 Å². The van der Waals surface area contributed by atoms with Crippen molar-refractivity contribution in [2.24, 2.45) is 5.41 Å². The van der Waals surface area contributed by atoms with Crippen molar-refractivity contribution < 1.29 is 4.79 Å². The molecule has 0 unspecified atom stereocenters.